The van der Waals surface area contributed by atoms with Gasteiger partial charge in [0.05, 0.1) is 11.8 Å². The number of hydrogen-bond donors (Lipinski definition) is 2. The lowest BCUT2D eigenvalue weighted by Gasteiger charge is -2.24. The summed E-state index contributed by atoms with van der Waals surface area (Å²) >= 11 is 0. The van der Waals surface area contributed by atoms with Crippen LogP contribution in [0, 0.1) is 0 Å². The summed E-state index contributed by atoms with van der Waals surface area (Å²) in [6.45, 7) is 3.55. The lowest BCUT2D eigenvalue weighted by molar-refractivity contribution is 0.0134. The quantitative estimate of drug-likeness (QED) is 0.872. The number of rotatable bonds is 5. The first-order valence-electron chi connectivity index (χ1n) is 9.27. The van der Waals surface area contributed by atoms with Crippen molar-refractivity contribution in [1.82, 2.24) is 20.3 Å². The molecule has 1 atom stereocenters. The fourth-order valence-electron chi connectivity index (χ4n) is 3.50. The van der Waals surface area contributed by atoms with Crippen molar-refractivity contribution in [1.29, 1.82) is 0 Å². The highest BCUT2D eigenvalue weighted by Gasteiger charge is 2.19. The number of nitrogens with zero attached hydrogens (tertiary/aromatic N) is 3. The lowest BCUT2D eigenvalue weighted by atomic mass is 10.1. The highest BCUT2D eigenvalue weighted by molar-refractivity contribution is 5.57. The Hall–Kier alpha value is -2.05. The summed E-state index contributed by atoms with van der Waals surface area (Å²) in [5.74, 6) is 1.66. The highest BCUT2D eigenvalue weighted by Crippen LogP contribution is 2.24. The van der Waals surface area contributed by atoms with Gasteiger partial charge in [-0.3, -0.25) is 4.98 Å². The molecule has 132 valence electrons. The van der Waals surface area contributed by atoms with Crippen molar-refractivity contribution in [3.63, 3.8) is 0 Å². The molecule has 1 fully saturated rings. The molecule has 2 aromatic rings. The van der Waals surface area contributed by atoms with Gasteiger partial charge in [-0.25, -0.2) is 9.97 Å². The maximum atomic E-state index is 5.83. The van der Waals surface area contributed by atoms with Crippen molar-refractivity contribution >= 4 is 5.82 Å². The predicted molar refractivity (Wildman–Crippen MR) is 97.4 cm³/mol. The van der Waals surface area contributed by atoms with E-state index < -0.39 is 0 Å². The van der Waals surface area contributed by atoms with Crippen LogP contribution < -0.4 is 10.6 Å². The van der Waals surface area contributed by atoms with E-state index in [1.165, 1.54) is 24.8 Å². The molecule has 0 aromatic carbocycles. The van der Waals surface area contributed by atoms with Crippen molar-refractivity contribution in [2.45, 2.75) is 44.8 Å². The molecule has 2 aliphatic rings. The minimum atomic E-state index is 0.385. The molecule has 2 N–H and O–H groups in total. The number of pyridine rings is 1. The van der Waals surface area contributed by atoms with E-state index >= 15 is 0 Å². The third-order valence-corrected chi connectivity index (χ3v) is 4.86. The molecule has 0 saturated carbocycles. The molecule has 6 heteroatoms. The Morgan fingerprint density at radius 3 is 3.08 bits per heavy atom. The summed E-state index contributed by atoms with van der Waals surface area (Å²) in [5, 5.41) is 6.94. The number of hydrogen-bond acceptors (Lipinski definition) is 6. The second-order valence-electron chi connectivity index (χ2n) is 6.67. The first-order chi connectivity index (χ1) is 12.4. The van der Waals surface area contributed by atoms with Crippen LogP contribution >= 0.6 is 0 Å². The molecule has 25 heavy (non-hydrogen) atoms. The predicted octanol–water partition coefficient (Wildman–Crippen LogP) is 2.56. The maximum absolute atomic E-state index is 5.83. The van der Waals surface area contributed by atoms with Crippen molar-refractivity contribution in [3.05, 3.63) is 35.7 Å². The van der Waals surface area contributed by atoms with E-state index in [1.54, 1.807) is 6.20 Å². The molecule has 0 aliphatic carbocycles. The summed E-state index contributed by atoms with van der Waals surface area (Å²) in [4.78, 5) is 13.9. The molecule has 0 bridgehead atoms. The van der Waals surface area contributed by atoms with Crippen molar-refractivity contribution in [2.24, 2.45) is 0 Å². The molecule has 4 rings (SSSR count). The van der Waals surface area contributed by atoms with Gasteiger partial charge in [0.25, 0.3) is 0 Å². The number of anilines is 1. The Morgan fingerprint density at radius 1 is 1.24 bits per heavy atom. The molecule has 6 nitrogen and oxygen atoms in total. The van der Waals surface area contributed by atoms with E-state index in [9.17, 15) is 0 Å². The van der Waals surface area contributed by atoms with Gasteiger partial charge < -0.3 is 15.4 Å². The molecule has 1 saturated heterocycles. The van der Waals surface area contributed by atoms with Gasteiger partial charge in [-0.05, 0) is 50.8 Å². The Balaban J connectivity index is 1.52. The van der Waals surface area contributed by atoms with Gasteiger partial charge in [0, 0.05) is 31.5 Å². The van der Waals surface area contributed by atoms with Crippen LogP contribution in [0.4, 0.5) is 5.82 Å². The molecule has 0 radical (unpaired) electrons. The average Bonchev–Trinajstić information content (AvgIpc) is 2.69. The van der Waals surface area contributed by atoms with Gasteiger partial charge in [0.2, 0.25) is 0 Å². The van der Waals surface area contributed by atoms with Crippen LogP contribution in [0.1, 0.15) is 36.9 Å². The summed E-state index contributed by atoms with van der Waals surface area (Å²) in [6, 6.07) is 5.83. The number of ether oxygens (including phenoxy) is 1. The van der Waals surface area contributed by atoms with E-state index in [4.69, 9.17) is 14.7 Å². The number of fused-ring (bicyclic) bond motifs is 1. The van der Waals surface area contributed by atoms with Crippen molar-refractivity contribution in [2.75, 3.05) is 25.0 Å². The van der Waals surface area contributed by atoms with Crippen LogP contribution in [-0.4, -0.2) is 40.8 Å². The molecule has 0 spiro atoms. The van der Waals surface area contributed by atoms with Gasteiger partial charge in [-0.2, -0.15) is 0 Å². The lowest BCUT2D eigenvalue weighted by Crippen LogP contribution is -2.27. The molecule has 2 aromatic heterocycles. The summed E-state index contributed by atoms with van der Waals surface area (Å²) in [6.07, 6.45) is 7.80. The van der Waals surface area contributed by atoms with E-state index in [-0.39, 0.29) is 0 Å². The monoisotopic (exact) mass is 339 g/mol. The van der Waals surface area contributed by atoms with E-state index in [2.05, 4.69) is 15.6 Å². The summed E-state index contributed by atoms with van der Waals surface area (Å²) < 4.78 is 5.83. The summed E-state index contributed by atoms with van der Waals surface area (Å²) in [7, 11) is 0. The molecule has 4 heterocycles. The molecular formula is C19H25N5O. The number of nitrogens with one attached hydrogen (secondary N) is 2. The SMILES string of the molecule is c1ccc(-c2nc3c(c(NCC[C@H]4CCCCO4)n2)CCNC3)nc1. The van der Waals surface area contributed by atoms with Gasteiger partial charge in [-0.15, -0.1) is 0 Å². The first kappa shape index (κ1) is 16.4. The van der Waals surface area contributed by atoms with E-state index in [0.717, 1.165) is 56.3 Å². The summed E-state index contributed by atoms with van der Waals surface area (Å²) in [5.41, 5.74) is 3.14. The Bertz CT molecular complexity index is 700. The van der Waals surface area contributed by atoms with Gasteiger partial charge >= 0.3 is 0 Å². The Labute approximate surface area is 148 Å². The maximum Gasteiger partial charge on any atom is 0.180 e. The Morgan fingerprint density at radius 2 is 2.24 bits per heavy atom. The van der Waals surface area contributed by atoms with Crippen LogP contribution in [0.3, 0.4) is 0 Å². The number of aromatic nitrogens is 3. The fourth-order valence-corrected chi connectivity index (χ4v) is 3.50. The van der Waals surface area contributed by atoms with Crippen LogP contribution in [0.2, 0.25) is 0 Å². The Kier molecular flexibility index (Phi) is 5.18. The van der Waals surface area contributed by atoms with Crippen molar-refractivity contribution in [3.8, 4) is 11.5 Å². The zero-order valence-corrected chi connectivity index (χ0v) is 14.5. The average molecular weight is 339 g/mol. The second-order valence-corrected chi connectivity index (χ2v) is 6.67. The first-order valence-corrected chi connectivity index (χ1v) is 9.27. The third-order valence-electron chi connectivity index (χ3n) is 4.86. The van der Waals surface area contributed by atoms with Crippen LogP contribution in [0.15, 0.2) is 24.4 Å². The van der Waals surface area contributed by atoms with Crippen LogP contribution in [0.5, 0.6) is 0 Å². The molecule has 2 aliphatic heterocycles. The van der Waals surface area contributed by atoms with Gasteiger partial charge in [-0.1, -0.05) is 6.07 Å². The van der Waals surface area contributed by atoms with Gasteiger partial charge in [0.15, 0.2) is 5.82 Å². The standard InChI is InChI=1S/C19H25N5O/c1-3-9-21-16(6-1)19-23-17-13-20-10-8-15(17)18(24-19)22-11-7-14-5-2-4-12-25-14/h1,3,6,9,14,20H,2,4-5,7-8,10-13H2,(H,22,23,24)/t14-/m1/s1. The highest BCUT2D eigenvalue weighted by atomic mass is 16.5. The van der Waals surface area contributed by atoms with Gasteiger partial charge in [0.1, 0.15) is 11.5 Å². The zero-order valence-electron chi connectivity index (χ0n) is 14.5. The smallest absolute Gasteiger partial charge is 0.180 e. The molecule has 0 amide bonds. The van der Waals surface area contributed by atoms with E-state index in [0.29, 0.717) is 11.9 Å². The topological polar surface area (TPSA) is 72.0 Å². The second kappa shape index (κ2) is 7.89. The largest absolute Gasteiger partial charge is 0.378 e. The minimum Gasteiger partial charge on any atom is -0.378 e. The van der Waals surface area contributed by atoms with Crippen molar-refractivity contribution < 1.29 is 4.74 Å². The fraction of sp³-hybridized carbons (Fsp3) is 0.526. The van der Waals surface area contributed by atoms with Crippen LogP contribution in [-0.2, 0) is 17.7 Å². The molecule has 0 unspecified atom stereocenters. The zero-order chi connectivity index (χ0) is 16.9. The van der Waals surface area contributed by atoms with E-state index in [1.807, 2.05) is 18.2 Å². The molecular weight excluding hydrogens is 314 g/mol. The minimum absolute atomic E-state index is 0.385. The normalized spacial score (nSPS) is 20.1. The third kappa shape index (κ3) is 3.96. The van der Waals surface area contributed by atoms with Crippen LogP contribution in [0.25, 0.3) is 11.5 Å².